The Labute approximate surface area is 165 Å². The van der Waals surface area contributed by atoms with Crippen LogP contribution in [0.4, 0.5) is 0 Å². The van der Waals surface area contributed by atoms with E-state index in [0.717, 1.165) is 16.6 Å². The first-order valence-electron chi connectivity index (χ1n) is 7.95. The summed E-state index contributed by atoms with van der Waals surface area (Å²) in [5, 5.41) is 0. The molecule has 0 bridgehead atoms. The van der Waals surface area contributed by atoms with Crippen LogP contribution in [0, 0.1) is 0 Å². The largest absolute Gasteiger partial charge is 0.493 e. The van der Waals surface area contributed by atoms with Crippen molar-refractivity contribution in [1.29, 1.82) is 0 Å². The van der Waals surface area contributed by atoms with Gasteiger partial charge in [0.25, 0.3) is 5.56 Å². The number of methoxy groups -OCH3 is 1. The number of para-hydroxylation sites is 2. The van der Waals surface area contributed by atoms with Crippen LogP contribution in [0.1, 0.15) is 12.5 Å². The summed E-state index contributed by atoms with van der Waals surface area (Å²) in [6.45, 7) is 1.32. The average Bonchev–Trinajstić information content (AvgIpc) is 3.13. The van der Waals surface area contributed by atoms with Gasteiger partial charge in [0.2, 0.25) is 0 Å². The highest BCUT2D eigenvalue weighted by atomic mass is 79.9. The number of aromatic nitrogens is 2. The van der Waals surface area contributed by atoms with Crippen LogP contribution in [0.25, 0.3) is 22.1 Å². The van der Waals surface area contributed by atoms with Gasteiger partial charge in [-0.1, -0.05) is 23.5 Å². The zero-order valence-electron chi connectivity index (χ0n) is 14.4. The molecule has 0 N–H and O–H groups in total. The second-order valence-electron chi connectivity index (χ2n) is 5.76. The smallest absolute Gasteiger partial charge is 0.308 e. The van der Waals surface area contributed by atoms with Crippen molar-refractivity contribution >= 4 is 55.3 Å². The van der Waals surface area contributed by atoms with Crippen molar-refractivity contribution in [2.24, 2.45) is 0 Å². The lowest BCUT2D eigenvalue weighted by atomic mass is 10.2. The molecule has 0 aliphatic rings. The third kappa shape index (κ3) is 3.11. The summed E-state index contributed by atoms with van der Waals surface area (Å²) in [5.41, 5.74) is 2.20. The van der Waals surface area contributed by atoms with E-state index in [4.69, 9.17) is 9.47 Å². The number of carbonyl (C=O) groups excluding carboxylic acids is 1. The number of esters is 1. The lowest BCUT2D eigenvalue weighted by molar-refractivity contribution is -0.132. The first-order valence-corrected chi connectivity index (χ1v) is 9.56. The molecule has 2 aromatic heterocycles. The third-order valence-corrected chi connectivity index (χ3v) is 5.50. The highest BCUT2D eigenvalue weighted by molar-refractivity contribution is 9.10. The van der Waals surface area contributed by atoms with E-state index >= 15 is 0 Å². The zero-order chi connectivity index (χ0) is 19.1. The Balaban J connectivity index is 1.89. The van der Waals surface area contributed by atoms with Gasteiger partial charge in [0.05, 0.1) is 27.1 Å². The van der Waals surface area contributed by atoms with E-state index in [-0.39, 0.29) is 5.56 Å². The van der Waals surface area contributed by atoms with Crippen molar-refractivity contribution in [3.8, 4) is 11.5 Å². The lowest BCUT2D eigenvalue weighted by Gasteiger charge is -2.10. The lowest BCUT2D eigenvalue weighted by Crippen LogP contribution is -2.22. The number of rotatable bonds is 3. The molecule has 4 aromatic rings. The standard InChI is InChI=1S/C19H13BrN2O4S/c1-10(23)26-17-12(20)7-11(8-15(17)25-2)9-16-18(24)22-14-6-4-3-5-13(14)21-19(22)27-16/h3-9H,1-2H3/b16-9-. The van der Waals surface area contributed by atoms with Crippen molar-refractivity contribution in [2.45, 2.75) is 6.92 Å². The van der Waals surface area contributed by atoms with Gasteiger partial charge in [-0.25, -0.2) is 9.38 Å². The van der Waals surface area contributed by atoms with Crippen molar-refractivity contribution in [2.75, 3.05) is 7.11 Å². The third-order valence-electron chi connectivity index (χ3n) is 3.94. The molecule has 0 unspecified atom stereocenters. The average molecular weight is 445 g/mol. The molecule has 6 nitrogen and oxygen atoms in total. The number of hydrogen-bond acceptors (Lipinski definition) is 6. The molecule has 0 spiro atoms. The Kier molecular flexibility index (Phi) is 4.45. The fourth-order valence-corrected chi connectivity index (χ4v) is 4.36. The number of fused-ring (bicyclic) bond motifs is 3. The van der Waals surface area contributed by atoms with Crippen LogP contribution in [0.5, 0.6) is 11.5 Å². The maximum atomic E-state index is 12.8. The van der Waals surface area contributed by atoms with Crippen LogP contribution in [-0.4, -0.2) is 22.5 Å². The molecule has 27 heavy (non-hydrogen) atoms. The predicted molar refractivity (Wildman–Crippen MR) is 108 cm³/mol. The van der Waals surface area contributed by atoms with E-state index in [1.807, 2.05) is 24.3 Å². The summed E-state index contributed by atoms with van der Waals surface area (Å²) in [5.74, 6) is 0.250. The molecule has 2 aromatic carbocycles. The van der Waals surface area contributed by atoms with Crippen LogP contribution in [0.3, 0.4) is 0 Å². The second kappa shape index (κ2) is 6.79. The summed E-state index contributed by atoms with van der Waals surface area (Å²) in [7, 11) is 1.49. The van der Waals surface area contributed by atoms with Gasteiger partial charge in [0, 0.05) is 6.92 Å². The number of ether oxygens (including phenoxy) is 2. The SMILES string of the molecule is COc1cc(/C=c2\sc3nc4ccccc4n3c2=O)cc(Br)c1OC(C)=O. The second-order valence-corrected chi connectivity index (χ2v) is 7.63. The van der Waals surface area contributed by atoms with Crippen LogP contribution in [-0.2, 0) is 4.79 Å². The quantitative estimate of drug-likeness (QED) is 0.358. The summed E-state index contributed by atoms with van der Waals surface area (Å²) in [6.07, 6.45) is 1.77. The van der Waals surface area contributed by atoms with Gasteiger partial charge in [0.1, 0.15) is 0 Å². The molecule has 0 atom stereocenters. The maximum absolute atomic E-state index is 12.8. The summed E-state index contributed by atoms with van der Waals surface area (Å²) < 4.78 is 13.2. The van der Waals surface area contributed by atoms with Crippen molar-refractivity contribution < 1.29 is 14.3 Å². The molecule has 136 valence electrons. The topological polar surface area (TPSA) is 69.9 Å². The molecule has 8 heteroatoms. The molecular weight excluding hydrogens is 432 g/mol. The van der Waals surface area contributed by atoms with Crippen LogP contribution in [0.15, 0.2) is 45.7 Å². The number of imidazole rings is 1. The minimum Gasteiger partial charge on any atom is -0.493 e. The van der Waals surface area contributed by atoms with Crippen LogP contribution in [0.2, 0.25) is 0 Å². The van der Waals surface area contributed by atoms with Gasteiger partial charge in [0.15, 0.2) is 16.5 Å². The molecule has 0 aliphatic carbocycles. The van der Waals surface area contributed by atoms with Gasteiger partial charge < -0.3 is 9.47 Å². The molecule has 2 heterocycles. The normalized spacial score (nSPS) is 12.0. The van der Waals surface area contributed by atoms with Crippen LogP contribution < -0.4 is 19.6 Å². The number of nitrogens with zero attached hydrogens (tertiary/aromatic N) is 2. The van der Waals surface area contributed by atoms with E-state index in [0.29, 0.717) is 25.5 Å². The number of hydrogen-bond donors (Lipinski definition) is 0. The highest BCUT2D eigenvalue weighted by Crippen LogP contribution is 2.37. The van der Waals surface area contributed by atoms with E-state index in [2.05, 4.69) is 20.9 Å². The summed E-state index contributed by atoms with van der Waals surface area (Å²) in [6, 6.07) is 11.0. The van der Waals surface area contributed by atoms with E-state index in [1.165, 1.54) is 25.4 Å². The minimum atomic E-state index is -0.445. The minimum absolute atomic E-state index is 0.122. The van der Waals surface area contributed by atoms with Gasteiger partial charge in [-0.15, -0.1) is 0 Å². The van der Waals surface area contributed by atoms with Gasteiger partial charge >= 0.3 is 5.97 Å². The van der Waals surface area contributed by atoms with Gasteiger partial charge in [-0.3, -0.25) is 9.59 Å². The molecule has 0 radical (unpaired) electrons. The Morgan fingerprint density at radius 2 is 2.07 bits per heavy atom. The molecule has 0 saturated heterocycles. The van der Waals surface area contributed by atoms with E-state index < -0.39 is 5.97 Å². The predicted octanol–water partition coefficient (Wildman–Crippen LogP) is 3.15. The number of benzene rings is 2. The number of halogens is 1. The first-order chi connectivity index (χ1) is 13.0. The maximum Gasteiger partial charge on any atom is 0.308 e. The van der Waals surface area contributed by atoms with Gasteiger partial charge in [-0.2, -0.15) is 0 Å². The number of carbonyl (C=O) groups is 1. The molecule has 0 aliphatic heterocycles. The van der Waals surface area contributed by atoms with Crippen molar-refractivity contribution in [1.82, 2.24) is 9.38 Å². The van der Waals surface area contributed by atoms with Crippen molar-refractivity contribution in [3.05, 3.63) is 61.3 Å². The Morgan fingerprint density at radius 1 is 1.30 bits per heavy atom. The Hall–Kier alpha value is -2.71. The monoisotopic (exact) mass is 444 g/mol. The molecule has 0 amide bonds. The fourth-order valence-electron chi connectivity index (χ4n) is 2.83. The highest BCUT2D eigenvalue weighted by Gasteiger charge is 2.14. The molecule has 4 rings (SSSR count). The van der Waals surface area contributed by atoms with Gasteiger partial charge in [-0.05, 0) is 51.8 Å². The van der Waals surface area contributed by atoms with Crippen LogP contribution >= 0.6 is 27.3 Å². The van der Waals surface area contributed by atoms with E-state index in [1.54, 1.807) is 22.6 Å². The Bertz CT molecular complexity index is 1310. The Morgan fingerprint density at radius 3 is 2.81 bits per heavy atom. The molecule has 0 saturated carbocycles. The van der Waals surface area contributed by atoms with Crippen molar-refractivity contribution in [3.63, 3.8) is 0 Å². The van der Waals surface area contributed by atoms with E-state index in [9.17, 15) is 9.59 Å². The summed E-state index contributed by atoms with van der Waals surface area (Å²) in [4.78, 5) is 29.3. The fraction of sp³-hybridized carbons (Fsp3) is 0.105. The molecule has 0 fully saturated rings. The summed E-state index contributed by atoms with van der Waals surface area (Å²) >= 11 is 4.71. The molecular formula is C19H13BrN2O4S. The zero-order valence-corrected chi connectivity index (χ0v) is 16.8. The first kappa shape index (κ1) is 17.7. The number of thiazole rings is 1.